The lowest BCUT2D eigenvalue weighted by Crippen LogP contribution is -2.62. The van der Waals surface area contributed by atoms with Gasteiger partial charge >= 0.3 is 0 Å². The fourth-order valence-corrected chi connectivity index (χ4v) is 4.22. The highest BCUT2D eigenvalue weighted by Crippen LogP contribution is 2.41. The zero-order valence-corrected chi connectivity index (χ0v) is 14.4. The molecule has 0 spiro atoms. The molecule has 2 atom stereocenters. The molecule has 1 N–H and O–H groups in total. The van der Waals surface area contributed by atoms with Crippen molar-refractivity contribution in [2.45, 2.75) is 38.8 Å². The maximum absolute atomic E-state index is 12.7. The number of para-hydroxylation sites is 1. The average Bonchev–Trinajstić information content (AvgIpc) is 2.91. The summed E-state index contributed by atoms with van der Waals surface area (Å²) in [4.78, 5) is 32.4. The van der Waals surface area contributed by atoms with Crippen LogP contribution in [0.1, 0.15) is 37.6 Å². The molecule has 1 aromatic carbocycles. The number of nitrogens with one attached hydrogen (secondary N) is 1. The van der Waals surface area contributed by atoms with Crippen LogP contribution >= 0.6 is 0 Å². The van der Waals surface area contributed by atoms with Crippen LogP contribution in [0.25, 0.3) is 10.9 Å². The second kappa shape index (κ2) is 5.36. The molecule has 2 aliphatic rings. The van der Waals surface area contributed by atoms with Gasteiger partial charge in [-0.05, 0) is 24.0 Å². The summed E-state index contributed by atoms with van der Waals surface area (Å²) in [5, 5.41) is 1.18. The van der Waals surface area contributed by atoms with Crippen molar-refractivity contribution in [3.8, 4) is 0 Å². The summed E-state index contributed by atoms with van der Waals surface area (Å²) in [5.41, 5.74) is 3.41. The third-order valence-corrected chi connectivity index (χ3v) is 5.27. The molecule has 1 saturated heterocycles. The quantitative estimate of drug-likeness (QED) is 0.922. The standard InChI is InChI=1S/C19H23N3O2/c1-11(2)8-15-18-13(12-6-4-5-7-14(12)20-18)9-16-19(24)21(3)10-17(23)22(15)16/h4-7,11,15-16,20H,8-10H2,1-3H3/t15-,16-/m0/s1. The number of fused-ring (bicyclic) bond motifs is 4. The Morgan fingerprint density at radius 2 is 2.00 bits per heavy atom. The van der Waals surface area contributed by atoms with Crippen molar-refractivity contribution in [2.24, 2.45) is 5.92 Å². The van der Waals surface area contributed by atoms with E-state index in [1.807, 2.05) is 17.0 Å². The monoisotopic (exact) mass is 325 g/mol. The minimum atomic E-state index is -0.369. The first-order chi connectivity index (χ1) is 11.5. The summed E-state index contributed by atoms with van der Waals surface area (Å²) in [7, 11) is 1.72. The van der Waals surface area contributed by atoms with Gasteiger partial charge in [-0.1, -0.05) is 32.0 Å². The number of aromatic amines is 1. The Bertz CT molecular complexity index is 823. The summed E-state index contributed by atoms with van der Waals surface area (Å²) in [6.45, 7) is 4.50. The molecule has 0 saturated carbocycles. The number of likely N-dealkylation sites (N-methyl/N-ethyl adjacent to an activating group) is 1. The summed E-state index contributed by atoms with van der Waals surface area (Å²) in [6.07, 6.45) is 1.46. The maximum Gasteiger partial charge on any atom is 0.245 e. The number of amides is 2. The highest BCUT2D eigenvalue weighted by molar-refractivity contribution is 5.97. The fraction of sp³-hybridized carbons (Fsp3) is 0.474. The highest BCUT2D eigenvalue weighted by atomic mass is 16.2. The van der Waals surface area contributed by atoms with Crippen LogP contribution in [-0.2, 0) is 16.0 Å². The Kier molecular flexibility index (Phi) is 3.41. The number of aromatic nitrogens is 1. The van der Waals surface area contributed by atoms with Gasteiger partial charge in [-0.2, -0.15) is 0 Å². The van der Waals surface area contributed by atoms with Crippen LogP contribution in [0.15, 0.2) is 24.3 Å². The van der Waals surface area contributed by atoms with Gasteiger partial charge in [-0.15, -0.1) is 0 Å². The zero-order chi connectivity index (χ0) is 17.0. The number of piperazine rings is 1. The molecule has 4 rings (SSSR count). The minimum absolute atomic E-state index is 0.0451. The normalized spacial score (nSPS) is 23.8. The van der Waals surface area contributed by atoms with E-state index in [9.17, 15) is 9.59 Å². The second-order valence-electron chi connectivity index (χ2n) is 7.42. The van der Waals surface area contributed by atoms with Crippen LogP contribution in [0.4, 0.5) is 0 Å². The SMILES string of the molecule is CC(C)C[C@H]1c2[nH]c3ccccc3c2C[C@H]2C(=O)N(C)CC(=O)N21. The molecular formula is C19H23N3O2. The van der Waals surface area contributed by atoms with E-state index in [4.69, 9.17) is 0 Å². The van der Waals surface area contributed by atoms with Crippen molar-refractivity contribution in [2.75, 3.05) is 13.6 Å². The molecule has 2 aliphatic heterocycles. The van der Waals surface area contributed by atoms with Gasteiger partial charge in [0.15, 0.2) is 0 Å². The first-order valence-electron chi connectivity index (χ1n) is 8.63. The van der Waals surface area contributed by atoms with Gasteiger partial charge in [0, 0.05) is 30.1 Å². The number of hydrogen-bond donors (Lipinski definition) is 1. The molecule has 0 radical (unpaired) electrons. The third-order valence-electron chi connectivity index (χ3n) is 5.27. The number of carbonyl (C=O) groups excluding carboxylic acids is 2. The molecule has 5 nitrogen and oxygen atoms in total. The smallest absolute Gasteiger partial charge is 0.245 e. The summed E-state index contributed by atoms with van der Waals surface area (Å²) < 4.78 is 0. The summed E-state index contributed by atoms with van der Waals surface area (Å²) in [5.74, 6) is 0.548. The topological polar surface area (TPSA) is 56.4 Å². The Labute approximate surface area is 141 Å². The van der Waals surface area contributed by atoms with Gasteiger partial charge in [0.1, 0.15) is 6.04 Å². The molecule has 1 aromatic heterocycles. The van der Waals surface area contributed by atoms with Crippen LogP contribution in [0.3, 0.4) is 0 Å². The van der Waals surface area contributed by atoms with Crippen LogP contribution in [0.5, 0.6) is 0 Å². The fourth-order valence-electron chi connectivity index (χ4n) is 4.22. The van der Waals surface area contributed by atoms with Crippen molar-refractivity contribution in [1.29, 1.82) is 0 Å². The molecule has 24 heavy (non-hydrogen) atoms. The van der Waals surface area contributed by atoms with Gasteiger partial charge in [0.2, 0.25) is 11.8 Å². The number of nitrogens with zero attached hydrogens (tertiary/aromatic N) is 2. The van der Waals surface area contributed by atoms with Gasteiger partial charge in [-0.3, -0.25) is 9.59 Å². The van der Waals surface area contributed by atoms with E-state index in [-0.39, 0.29) is 30.4 Å². The van der Waals surface area contributed by atoms with Gasteiger partial charge in [-0.25, -0.2) is 0 Å². The zero-order valence-electron chi connectivity index (χ0n) is 14.4. The number of carbonyl (C=O) groups is 2. The van der Waals surface area contributed by atoms with Crippen molar-refractivity contribution >= 4 is 22.7 Å². The molecule has 126 valence electrons. The first-order valence-corrected chi connectivity index (χ1v) is 8.63. The Morgan fingerprint density at radius 1 is 1.25 bits per heavy atom. The molecule has 0 bridgehead atoms. The highest BCUT2D eigenvalue weighted by Gasteiger charge is 2.46. The Hall–Kier alpha value is -2.30. The maximum atomic E-state index is 12.7. The van der Waals surface area contributed by atoms with E-state index in [1.54, 1.807) is 11.9 Å². The van der Waals surface area contributed by atoms with Crippen LogP contribution in [0, 0.1) is 5.92 Å². The molecule has 2 amide bonds. The lowest BCUT2D eigenvalue weighted by atomic mass is 9.86. The van der Waals surface area contributed by atoms with Gasteiger partial charge < -0.3 is 14.8 Å². The van der Waals surface area contributed by atoms with E-state index in [1.165, 1.54) is 10.9 Å². The minimum Gasteiger partial charge on any atom is -0.356 e. The Morgan fingerprint density at radius 3 is 2.75 bits per heavy atom. The van der Waals surface area contributed by atoms with Crippen molar-refractivity contribution in [1.82, 2.24) is 14.8 Å². The molecular weight excluding hydrogens is 302 g/mol. The molecule has 0 aliphatic carbocycles. The average molecular weight is 325 g/mol. The van der Waals surface area contributed by atoms with Crippen LogP contribution < -0.4 is 0 Å². The van der Waals surface area contributed by atoms with Crippen molar-refractivity contribution in [3.05, 3.63) is 35.5 Å². The van der Waals surface area contributed by atoms with Crippen molar-refractivity contribution < 1.29 is 9.59 Å². The molecule has 0 unspecified atom stereocenters. The van der Waals surface area contributed by atoms with Crippen LogP contribution in [0.2, 0.25) is 0 Å². The molecule has 1 fully saturated rings. The number of hydrogen-bond acceptors (Lipinski definition) is 2. The summed E-state index contributed by atoms with van der Waals surface area (Å²) in [6, 6.07) is 7.79. The second-order valence-corrected chi connectivity index (χ2v) is 7.42. The van der Waals surface area contributed by atoms with Gasteiger partial charge in [0.05, 0.1) is 12.6 Å². The van der Waals surface area contributed by atoms with E-state index in [2.05, 4.69) is 31.0 Å². The predicted molar refractivity (Wildman–Crippen MR) is 92.5 cm³/mol. The molecule has 5 heteroatoms. The van der Waals surface area contributed by atoms with Crippen LogP contribution in [-0.4, -0.2) is 46.2 Å². The predicted octanol–water partition coefficient (Wildman–Crippen LogP) is 2.48. The van der Waals surface area contributed by atoms with E-state index < -0.39 is 0 Å². The van der Waals surface area contributed by atoms with E-state index in [0.717, 1.165) is 17.6 Å². The number of H-pyrrole nitrogens is 1. The Balaban J connectivity index is 1.89. The van der Waals surface area contributed by atoms with Crippen molar-refractivity contribution in [3.63, 3.8) is 0 Å². The lowest BCUT2D eigenvalue weighted by Gasteiger charge is -2.46. The first kappa shape index (κ1) is 15.2. The summed E-state index contributed by atoms with van der Waals surface area (Å²) >= 11 is 0. The third kappa shape index (κ3) is 2.14. The molecule has 3 heterocycles. The molecule has 2 aromatic rings. The van der Waals surface area contributed by atoms with E-state index >= 15 is 0 Å². The lowest BCUT2D eigenvalue weighted by molar-refractivity contribution is -0.158. The largest absolute Gasteiger partial charge is 0.356 e. The number of benzene rings is 1. The van der Waals surface area contributed by atoms with E-state index in [0.29, 0.717) is 12.3 Å². The number of rotatable bonds is 2. The van der Waals surface area contributed by atoms with Gasteiger partial charge in [0.25, 0.3) is 0 Å².